The van der Waals surface area contributed by atoms with Gasteiger partial charge in [0.25, 0.3) is 0 Å². The summed E-state index contributed by atoms with van der Waals surface area (Å²) in [5, 5.41) is 0. The highest BCUT2D eigenvalue weighted by atomic mass is 32.2. The van der Waals surface area contributed by atoms with E-state index < -0.39 is 11.4 Å². The molecule has 0 aliphatic heterocycles. The molecule has 0 saturated carbocycles. The van der Waals surface area contributed by atoms with Crippen molar-refractivity contribution < 1.29 is 12.9 Å². The first kappa shape index (κ1) is 9.82. The van der Waals surface area contributed by atoms with E-state index >= 15 is 0 Å². The Kier molecular flexibility index (Phi) is 2.74. The van der Waals surface area contributed by atoms with Crippen LogP contribution in [0.5, 0.6) is 5.75 Å². The minimum atomic E-state index is -2.38. The lowest BCUT2D eigenvalue weighted by atomic mass is 10.1. The fraction of sp³-hybridized carbons (Fsp3) is 0.143. The zero-order valence-corrected chi connectivity index (χ0v) is 7.80. The van der Waals surface area contributed by atoms with Gasteiger partial charge in [0.15, 0.2) is 5.75 Å². The van der Waals surface area contributed by atoms with Gasteiger partial charge in [-0.1, -0.05) is 0 Å². The van der Waals surface area contributed by atoms with E-state index in [1.54, 1.807) is 13.0 Å². The maximum atomic E-state index is 10.4. The van der Waals surface area contributed by atoms with Gasteiger partial charge < -0.3 is 15.7 Å². The van der Waals surface area contributed by atoms with Crippen molar-refractivity contribution in [2.24, 2.45) is 0 Å². The standard InChI is InChI=1S/C7H10N2O3S/c1-4-5(8)2-3-6(9)7(4)12-13(10)11/h2-3H,8-9H2,1H3,(H,10,11). The van der Waals surface area contributed by atoms with Crippen LogP contribution in [-0.2, 0) is 11.4 Å². The van der Waals surface area contributed by atoms with Crippen LogP contribution in [0, 0.1) is 6.92 Å². The van der Waals surface area contributed by atoms with E-state index in [9.17, 15) is 4.21 Å². The Balaban J connectivity index is 3.17. The van der Waals surface area contributed by atoms with E-state index in [2.05, 4.69) is 4.18 Å². The molecule has 0 fully saturated rings. The number of anilines is 2. The summed E-state index contributed by atoms with van der Waals surface area (Å²) in [6.07, 6.45) is 0. The Hall–Kier alpha value is -1.27. The fourth-order valence-electron chi connectivity index (χ4n) is 0.910. The predicted octanol–water partition coefficient (Wildman–Crippen LogP) is 0.675. The van der Waals surface area contributed by atoms with Gasteiger partial charge >= 0.3 is 11.4 Å². The van der Waals surface area contributed by atoms with Crippen LogP contribution in [0.15, 0.2) is 12.1 Å². The molecule has 0 aliphatic rings. The normalized spacial score (nSPS) is 12.5. The first-order chi connectivity index (χ1) is 6.02. The molecule has 1 unspecified atom stereocenters. The number of hydrogen-bond donors (Lipinski definition) is 3. The highest BCUT2D eigenvalue weighted by Crippen LogP contribution is 2.30. The van der Waals surface area contributed by atoms with Crippen molar-refractivity contribution in [3.05, 3.63) is 17.7 Å². The molecule has 13 heavy (non-hydrogen) atoms. The van der Waals surface area contributed by atoms with E-state index in [4.69, 9.17) is 16.0 Å². The number of hydrogen-bond acceptors (Lipinski definition) is 4. The van der Waals surface area contributed by atoms with Gasteiger partial charge in [-0.3, -0.25) is 4.55 Å². The summed E-state index contributed by atoms with van der Waals surface area (Å²) < 4.78 is 23.5. The van der Waals surface area contributed by atoms with Crippen LogP contribution in [0.3, 0.4) is 0 Å². The predicted molar refractivity (Wildman–Crippen MR) is 51.4 cm³/mol. The molecular weight excluding hydrogens is 192 g/mol. The van der Waals surface area contributed by atoms with E-state index in [0.29, 0.717) is 11.3 Å². The molecule has 0 radical (unpaired) electrons. The Labute approximate surface area is 78.2 Å². The minimum absolute atomic E-state index is 0.154. The molecule has 0 bridgehead atoms. The SMILES string of the molecule is Cc1c(N)ccc(N)c1OS(=O)O. The molecule has 72 valence electrons. The van der Waals surface area contributed by atoms with Crippen molar-refractivity contribution in [3.63, 3.8) is 0 Å². The molecule has 5 nitrogen and oxygen atoms in total. The molecule has 0 aliphatic carbocycles. The third kappa shape index (κ3) is 2.10. The van der Waals surface area contributed by atoms with Crippen LogP contribution < -0.4 is 15.7 Å². The largest absolute Gasteiger partial charge is 0.398 e. The number of benzene rings is 1. The van der Waals surface area contributed by atoms with Crippen LogP contribution in [0.2, 0.25) is 0 Å². The van der Waals surface area contributed by atoms with Crippen molar-refractivity contribution in [1.29, 1.82) is 0 Å². The minimum Gasteiger partial charge on any atom is -0.398 e. The molecule has 0 heterocycles. The summed E-state index contributed by atoms with van der Waals surface area (Å²) in [5.41, 5.74) is 12.4. The topological polar surface area (TPSA) is 98.6 Å². The maximum Gasteiger partial charge on any atom is 0.357 e. The lowest BCUT2D eigenvalue weighted by Crippen LogP contribution is -2.04. The summed E-state index contributed by atoms with van der Waals surface area (Å²) >= 11 is -2.38. The Morgan fingerprint density at radius 3 is 2.46 bits per heavy atom. The molecule has 0 aromatic heterocycles. The smallest absolute Gasteiger partial charge is 0.357 e. The highest BCUT2D eigenvalue weighted by Gasteiger charge is 2.09. The molecule has 1 aromatic carbocycles. The summed E-state index contributed by atoms with van der Waals surface area (Å²) in [4.78, 5) is 0. The van der Waals surface area contributed by atoms with Gasteiger partial charge in [0, 0.05) is 11.3 Å². The van der Waals surface area contributed by atoms with Crippen molar-refractivity contribution in [2.45, 2.75) is 6.92 Å². The van der Waals surface area contributed by atoms with E-state index in [1.165, 1.54) is 6.07 Å². The van der Waals surface area contributed by atoms with E-state index in [-0.39, 0.29) is 11.4 Å². The van der Waals surface area contributed by atoms with Gasteiger partial charge in [0.05, 0.1) is 5.69 Å². The van der Waals surface area contributed by atoms with E-state index in [0.717, 1.165) is 0 Å². The van der Waals surface area contributed by atoms with Crippen LogP contribution in [0.4, 0.5) is 11.4 Å². The van der Waals surface area contributed by atoms with Crippen molar-refractivity contribution in [3.8, 4) is 5.75 Å². The number of nitrogen functional groups attached to an aromatic ring is 2. The molecule has 0 spiro atoms. The third-order valence-electron chi connectivity index (χ3n) is 1.63. The molecule has 1 aromatic rings. The summed E-state index contributed by atoms with van der Waals surface area (Å²) in [6.45, 7) is 1.66. The lowest BCUT2D eigenvalue weighted by molar-refractivity contribution is 0.457. The molecule has 1 rings (SSSR count). The summed E-state index contributed by atoms with van der Waals surface area (Å²) in [5.74, 6) is 0.154. The average Bonchev–Trinajstić information content (AvgIpc) is 2.05. The third-order valence-corrected chi connectivity index (χ3v) is 1.94. The van der Waals surface area contributed by atoms with Crippen LogP contribution in [0.1, 0.15) is 5.56 Å². The zero-order chi connectivity index (χ0) is 10.0. The molecule has 0 amide bonds. The summed E-state index contributed by atoms with van der Waals surface area (Å²) in [6, 6.07) is 3.13. The second kappa shape index (κ2) is 3.63. The van der Waals surface area contributed by atoms with Gasteiger partial charge in [-0.15, -0.1) is 0 Å². The monoisotopic (exact) mass is 202 g/mol. The Morgan fingerprint density at radius 1 is 1.38 bits per heavy atom. The van der Waals surface area contributed by atoms with Gasteiger partial charge in [-0.05, 0) is 19.1 Å². The quantitative estimate of drug-likeness (QED) is 0.483. The first-order valence-electron chi connectivity index (χ1n) is 3.46. The van der Waals surface area contributed by atoms with Crippen LogP contribution in [-0.4, -0.2) is 8.76 Å². The number of nitrogens with two attached hydrogens (primary N) is 2. The molecule has 1 atom stereocenters. The Morgan fingerprint density at radius 2 is 1.92 bits per heavy atom. The van der Waals surface area contributed by atoms with Gasteiger partial charge in [-0.2, -0.15) is 4.21 Å². The average molecular weight is 202 g/mol. The van der Waals surface area contributed by atoms with Crippen LogP contribution >= 0.6 is 0 Å². The molecular formula is C7H10N2O3S. The number of rotatable bonds is 2. The van der Waals surface area contributed by atoms with Crippen molar-refractivity contribution >= 4 is 22.7 Å². The highest BCUT2D eigenvalue weighted by molar-refractivity contribution is 7.74. The molecule has 6 heteroatoms. The van der Waals surface area contributed by atoms with Crippen LogP contribution in [0.25, 0.3) is 0 Å². The molecule has 0 saturated heterocycles. The fourth-order valence-corrected chi connectivity index (χ4v) is 1.27. The zero-order valence-electron chi connectivity index (χ0n) is 6.98. The van der Waals surface area contributed by atoms with Gasteiger partial charge in [0.2, 0.25) is 0 Å². The van der Waals surface area contributed by atoms with Gasteiger partial charge in [0.1, 0.15) is 0 Å². The maximum absolute atomic E-state index is 10.4. The van der Waals surface area contributed by atoms with E-state index in [1.807, 2.05) is 0 Å². The molecule has 5 N–H and O–H groups in total. The first-order valence-corrected chi connectivity index (χ1v) is 4.49. The van der Waals surface area contributed by atoms with Crippen molar-refractivity contribution in [1.82, 2.24) is 0 Å². The Bertz CT molecular complexity index is 354. The van der Waals surface area contributed by atoms with Crippen molar-refractivity contribution in [2.75, 3.05) is 11.5 Å². The second-order valence-electron chi connectivity index (χ2n) is 2.50. The summed E-state index contributed by atoms with van der Waals surface area (Å²) in [7, 11) is 0. The lowest BCUT2D eigenvalue weighted by Gasteiger charge is -2.09. The van der Waals surface area contributed by atoms with Gasteiger partial charge in [-0.25, -0.2) is 0 Å². The second-order valence-corrected chi connectivity index (χ2v) is 3.10.